The van der Waals surface area contributed by atoms with Crippen LogP contribution < -0.4 is 29.1 Å². The Hall–Kier alpha value is -4.17. The molecule has 1 aliphatic heterocycles. The van der Waals surface area contributed by atoms with Gasteiger partial charge >= 0.3 is 0 Å². The number of methoxy groups -OCH3 is 3. The van der Waals surface area contributed by atoms with Gasteiger partial charge in [-0.3, -0.25) is 14.2 Å². The molecule has 3 aromatic carbocycles. The summed E-state index contributed by atoms with van der Waals surface area (Å²) >= 11 is 1.28. The maximum absolute atomic E-state index is 13.9. The van der Waals surface area contributed by atoms with Crippen LogP contribution in [0, 0.1) is 0 Å². The van der Waals surface area contributed by atoms with E-state index in [4.69, 9.17) is 14.2 Å². The van der Waals surface area contributed by atoms with Gasteiger partial charge in [0.15, 0.2) is 22.1 Å². The van der Waals surface area contributed by atoms with E-state index in [0.717, 1.165) is 21.9 Å². The second-order valence-corrected chi connectivity index (χ2v) is 9.66. The highest BCUT2D eigenvalue weighted by Gasteiger charge is 2.33. The molecule has 1 unspecified atom stereocenters. The number of carbonyl (C=O) groups is 1. The Morgan fingerprint density at radius 2 is 1.68 bits per heavy atom. The number of Topliss-reactive ketones (excluding diaryl/α,β-unsaturated/α-hetero) is 1. The summed E-state index contributed by atoms with van der Waals surface area (Å²) in [6, 6.07) is 16.5. The van der Waals surface area contributed by atoms with Crippen LogP contribution in [0.4, 0.5) is 0 Å². The number of fused-ring (bicyclic) bond motifs is 2. The molecule has 1 aliphatic rings. The third-order valence-electron chi connectivity index (χ3n) is 6.53. The Balaban J connectivity index is 1.81. The Morgan fingerprint density at radius 1 is 0.973 bits per heavy atom. The predicted molar refractivity (Wildman–Crippen MR) is 144 cm³/mol. The molecule has 37 heavy (non-hydrogen) atoms. The molecule has 188 valence electrons. The van der Waals surface area contributed by atoms with Crippen molar-refractivity contribution in [2.24, 2.45) is 4.99 Å². The third kappa shape index (κ3) is 4.13. The van der Waals surface area contributed by atoms with E-state index in [2.05, 4.69) is 4.99 Å². The zero-order chi connectivity index (χ0) is 26.3. The van der Waals surface area contributed by atoms with E-state index in [-0.39, 0.29) is 11.3 Å². The number of aromatic nitrogens is 1. The van der Waals surface area contributed by atoms with Gasteiger partial charge < -0.3 is 14.2 Å². The van der Waals surface area contributed by atoms with Crippen LogP contribution in [0.5, 0.6) is 17.2 Å². The van der Waals surface area contributed by atoms with Gasteiger partial charge in [-0.25, -0.2) is 4.99 Å². The van der Waals surface area contributed by atoms with Gasteiger partial charge in [0.05, 0.1) is 31.9 Å². The van der Waals surface area contributed by atoms with Crippen molar-refractivity contribution in [3.05, 3.63) is 96.7 Å². The number of hydrogen-bond acceptors (Lipinski definition) is 7. The van der Waals surface area contributed by atoms with Crippen LogP contribution in [-0.4, -0.2) is 31.7 Å². The largest absolute Gasteiger partial charge is 0.496 e. The summed E-state index contributed by atoms with van der Waals surface area (Å²) < 4.78 is 18.6. The van der Waals surface area contributed by atoms with Crippen molar-refractivity contribution in [3.63, 3.8) is 0 Å². The summed E-state index contributed by atoms with van der Waals surface area (Å²) in [6.45, 7) is 3.32. The first-order chi connectivity index (χ1) is 17.9. The van der Waals surface area contributed by atoms with Crippen LogP contribution in [-0.2, 0) is 4.79 Å². The number of hydrogen-bond donors (Lipinski definition) is 0. The molecule has 2 heterocycles. The Labute approximate surface area is 217 Å². The lowest BCUT2D eigenvalue weighted by atomic mass is 9.89. The number of allylic oxidation sites excluding steroid dienone is 2. The van der Waals surface area contributed by atoms with Crippen LogP contribution in [0.15, 0.2) is 75.7 Å². The highest BCUT2D eigenvalue weighted by molar-refractivity contribution is 7.07. The number of ketones is 1. The lowest BCUT2D eigenvalue weighted by molar-refractivity contribution is -0.114. The van der Waals surface area contributed by atoms with Gasteiger partial charge in [-0.15, -0.1) is 0 Å². The van der Waals surface area contributed by atoms with Crippen LogP contribution in [0.3, 0.4) is 0 Å². The van der Waals surface area contributed by atoms with Crippen molar-refractivity contribution in [2.75, 3.05) is 21.3 Å². The fourth-order valence-electron chi connectivity index (χ4n) is 4.87. The molecule has 4 aromatic rings. The molecular weight excluding hydrogens is 488 g/mol. The van der Waals surface area contributed by atoms with Crippen LogP contribution in [0.2, 0.25) is 0 Å². The van der Waals surface area contributed by atoms with Crippen molar-refractivity contribution >= 4 is 34.0 Å². The summed E-state index contributed by atoms with van der Waals surface area (Å²) in [5, 5.41) is 1.90. The van der Waals surface area contributed by atoms with Gasteiger partial charge in [-0.05, 0) is 54.5 Å². The highest BCUT2D eigenvalue weighted by Crippen LogP contribution is 2.40. The first-order valence-electron chi connectivity index (χ1n) is 11.7. The van der Waals surface area contributed by atoms with Gasteiger partial charge in [0.2, 0.25) is 0 Å². The quantitative estimate of drug-likeness (QED) is 0.389. The zero-order valence-electron chi connectivity index (χ0n) is 21.2. The molecule has 0 saturated heterocycles. The van der Waals surface area contributed by atoms with Crippen LogP contribution >= 0.6 is 11.3 Å². The van der Waals surface area contributed by atoms with Crippen LogP contribution in [0.25, 0.3) is 16.8 Å². The summed E-state index contributed by atoms with van der Waals surface area (Å²) in [6.07, 6.45) is 1.80. The maximum Gasteiger partial charge on any atom is 0.271 e. The minimum atomic E-state index is -0.678. The Kier molecular flexibility index (Phi) is 6.43. The summed E-state index contributed by atoms with van der Waals surface area (Å²) in [4.78, 5) is 32.1. The number of nitrogens with zero attached hydrogens (tertiary/aromatic N) is 2. The SMILES string of the molecule is COc1ccc(/C=c2\sc3n(c2=O)C(c2c(OC)ccc4ccccc24)C(C(C)=O)=C(C)N=3)cc1OC. The molecule has 0 saturated carbocycles. The van der Waals surface area contributed by atoms with Crippen molar-refractivity contribution in [3.8, 4) is 17.2 Å². The van der Waals surface area contributed by atoms with Gasteiger partial charge in [0.25, 0.3) is 5.56 Å². The molecule has 1 aromatic heterocycles. The molecule has 0 amide bonds. The second-order valence-electron chi connectivity index (χ2n) is 8.66. The van der Waals surface area contributed by atoms with Crippen molar-refractivity contribution < 1.29 is 19.0 Å². The standard InChI is InChI=1S/C29H26N2O5S/c1-16-25(17(2)32)27(26-20-9-7-6-8-19(20)11-13-22(26)35-4)31-28(33)24(37-29(31)30-16)15-18-10-12-21(34-3)23(14-18)36-5/h6-15,27H,1-5H3/b24-15-. The van der Waals surface area contributed by atoms with Crippen molar-refractivity contribution in [1.29, 1.82) is 0 Å². The summed E-state index contributed by atoms with van der Waals surface area (Å²) in [5.74, 6) is 1.63. The Morgan fingerprint density at radius 3 is 2.38 bits per heavy atom. The molecule has 0 spiro atoms. The van der Waals surface area contributed by atoms with Crippen LogP contribution in [0.1, 0.15) is 31.0 Å². The first kappa shape index (κ1) is 24.5. The fraction of sp³-hybridized carbons (Fsp3) is 0.207. The third-order valence-corrected chi connectivity index (χ3v) is 7.51. The first-order valence-corrected chi connectivity index (χ1v) is 12.5. The van der Waals surface area contributed by atoms with Crippen molar-refractivity contribution in [2.45, 2.75) is 19.9 Å². The summed E-state index contributed by atoms with van der Waals surface area (Å²) in [7, 11) is 4.74. The molecule has 7 nitrogen and oxygen atoms in total. The molecular formula is C29H26N2O5S. The number of benzene rings is 3. The zero-order valence-corrected chi connectivity index (χ0v) is 22.0. The predicted octanol–water partition coefficient (Wildman–Crippen LogP) is 4.00. The molecule has 0 radical (unpaired) electrons. The average Bonchev–Trinajstić information content (AvgIpc) is 3.20. The lowest BCUT2D eigenvalue weighted by Gasteiger charge is -2.27. The van der Waals surface area contributed by atoms with E-state index in [1.165, 1.54) is 18.3 Å². The topological polar surface area (TPSA) is 79.1 Å². The van der Waals surface area contributed by atoms with Gasteiger partial charge in [-0.1, -0.05) is 47.7 Å². The molecule has 0 fully saturated rings. The number of rotatable bonds is 6. The van der Waals surface area contributed by atoms with E-state index in [9.17, 15) is 9.59 Å². The molecule has 1 atom stereocenters. The number of thiazole rings is 1. The maximum atomic E-state index is 13.9. The second kappa shape index (κ2) is 9.71. The van der Waals surface area contributed by atoms with Gasteiger partial charge in [0.1, 0.15) is 5.75 Å². The normalized spacial score (nSPS) is 15.4. The van der Waals surface area contributed by atoms with E-state index in [0.29, 0.717) is 37.9 Å². The smallest absolute Gasteiger partial charge is 0.271 e. The van der Waals surface area contributed by atoms with E-state index >= 15 is 0 Å². The minimum absolute atomic E-state index is 0.143. The molecule has 5 rings (SSSR count). The lowest BCUT2D eigenvalue weighted by Crippen LogP contribution is -2.39. The average molecular weight is 515 g/mol. The van der Waals surface area contributed by atoms with E-state index in [1.807, 2.05) is 55.5 Å². The fourth-order valence-corrected chi connectivity index (χ4v) is 5.92. The minimum Gasteiger partial charge on any atom is -0.496 e. The molecule has 0 bridgehead atoms. The number of ether oxygens (including phenoxy) is 3. The molecule has 8 heteroatoms. The van der Waals surface area contributed by atoms with Crippen molar-refractivity contribution in [1.82, 2.24) is 4.57 Å². The summed E-state index contributed by atoms with van der Waals surface area (Å²) in [5.41, 5.74) is 2.37. The molecule has 0 N–H and O–H groups in total. The monoisotopic (exact) mass is 514 g/mol. The van der Waals surface area contributed by atoms with E-state index in [1.54, 1.807) is 38.0 Å². The number of carbonyl (C=O) groups excluding carboxylic acids is 1. The Bertz CT molecular complexity index is 1760. The van der Waals surface area contributed by atoms with E-state index < -0.39 is 6.04 Å². The molecule has 0 aliphatic carbocycles. The highest BCUT2D eigenvalue weighted by atomic mass is 32.1. The van der Waals surface area contributed by atoms with Gasteiger partial charge in [0, 0.05) is 16.8 Å². The van der Waals surface area contributed by atoms with Gasteiger partial charge in [-0.2, -0.15) is 0 Å².